The summed E-state index contributed by atoms with van der Waals surface area (Å²) in [6.45, 7) is 5.43. The van der Waals surface area contributed by atoms with Crippen molar-refractivity contribution in [2.45, 2.75) is 26.5 Å². The van der Waals surface area contributed by atoms with Gasteiger partial charge in [0.05, 0.1) is 13.2 Å². The lowest BCUT2D eigenvalue weighted by Crippen LogP contribution is -2.21. The van der Waals surface area contributed by atoms with Crippen LogP contribution in [0.4, 0.5) is 5.69 Å². The maximum atomic E-state index is 5.71. The van der Waals surface area contributed by atoms with Gasteiger partial charge in [-0.25, -0.2) is 0 Å². The van der Waals surface area contributed by atoms with Crippen molar-refractivity contribution in [3.8, 4) is 0 Å². The van der Waals surface area contributed by atoms with Crippen LogP contribution >= 0.6 is 0 Å². The minimum absolute atomic E-state index is 0.269. The van der Waals surface area contributed by atoms with E-state index in [2.05, 4.69) is 29.4 Å². The van der Waals surface area contributed by atoms with Crippen LogP contribution in [0.3, 0.4) is 0 Å². The third-order valence-electron chi connectivity index (χ3n) is 2.79. The molecule has 100 valence electrons. The molecule has 0 radical (unpaired) electrons. The maximum absolute atomic E-state index is 5.71. The summed E-state index contributed by atoms with van der Waals surface area (Å²) in [7, 11) is 0. The molecule has 1 atom stereocenters. The molecule has 0 saturated carbocycles. The highest BCUT2D eigenvalue weighted by Gasteiger charge is 2.02. The second kappa shape index (κ2) is 6.90. The Balaban J connectivity index is 1.74. The Kier molecular flexibility index (Phi) is 4.93. The van der Waals surface area contributed by atoms with Gasteiger partial charge in [-0.05, 0) is 31.5 Å². The second-order valence-corrected chi connectivity index (χ2v) is 4.73. The lowest BCUT2D eigenvalue weighted by atomic mass is 10.2. The van der Waals surface area contributed by atoms with Gasteiger partial charge >= 0.3 is 0 Å². The van der Waals surface area contributed by atoms with Crippen LogP contribution in [0.2, 0.25) is 0 Å². The molecule has 1 aromatic carbocycles. The molecule has 2 rings (SSSR count). The Morgan fingerprint density at radius 2 is 2.00 bits per heavy atom. The average molecular weight is 256 g/mol. The number of nitrogens with zero attached hydrogens (tertiary/aromatic N) is 1. The lowest BCUT2D eigenvalue weighted by molar-refractivity contribution is 0.115. The molecule has 1 heterocycles. The minimum atomic E-state index is 0.269. The fourth-order valence-electron chi connectivity index (χ4n) is 1.89. The molecule has 2 aromatic rings. The molecular formula is C16H20N2O. The number of rotatable bonds is 6. The summed E-state index contributed by atoms with van der Waals surface area (Å²) in [4.78, 5) is 4.18. The molecule has 0 amide bonds. The van der Waals surface area contributed by atoms with E-state index in [9.17, 15) is 0 Å². The van der Waals surface area contributed by atoms with Crippen LogP contribution in [0.5, 0.6) is 0 Å². The van der Waals surface area contributed by atoms with E-state index in [1.165, 1.54) is 5.56 Å². The number of pyridine rings is 1. The lowest BCUT2D eigenvalue weighted by Gasteiger charge is -2.15. The molecule has 0 aliphatic heterocycles. The molecular weight excluding hydrogens is 236 g/mol. The number of aromatic nitrogens is 1. The standard InChI is InChI=1S/C16H20N2O/c1-13-10-16(8-9-17-13)18-14(2)11-19-12-15-6-4-3-5-7-15/h3-10,14H,11-12H2,1-2H3,(H,17,18). The van der Waals surface area contributed by atoms with Gasteiger partial charge in [-0.2, -0.15) is 0 Å². The molecule has 0 aliphatic rings. The molecule has 3 heteroatoms. The third kappa shape index (κ3) is 4.72. The van der Waals surface area contributed by atoms with E-state index in [1.54, 1.807) is 0 Å². The van der Waals surface area contributed by atoms with E-state index in [0.717, 1.165) is 11.4 Å². The van der Waals surface area contributed by atoms with Crippen LogP contribution in [0.1, 0.15) is 18.2 Å². The number of nitrogens with one attached hydrogen (secondary N) is 1. The number of hydrogen-bond acceptors (Lipinski definition) is 3. The Hall–Kier alpha value is -1.87. The molecule has 0 saturated heterocycles. The van der Waals surface area contributed by atoms with Crippen molar-refractivity contribution in [2.75, 3.05) is 11.9 Å². The van der Waals surface area contributed by atoms with E-state index in [0.29, 0.717) is 13.2 Å². The van der Waals surface area contributed by atoms with Crippen molar-refractivity contribution in [2.24, 2.45) is 0 Å². The number of benzene rings is 1. The zero-order valence-corrected chi connectivity index (χ0v) is 11.5. The first-order valence-corrected chi connectivity index (χ1v) is 6.55. The normalized spacial score (nSPS) is 12.1. The molecule has 0 spiro atoms. The Morgan fingerprint density at radius 1 is 1.21 bits per heavy atom. The number of ether oxygens (including phenoxy) is 1. The van der Waals surface area contributed by atoms with Crippen LogP contribution < -0.4 is 5.32 Å². The fraction of sp³-hybridized carbons (Fsp3) is 0.312. The first kappa shape index (κ1) is 13.6. The average Bonchev–Trinajstić information content (AvgIpc) is 2.40. The monoisotopic (exact) mass is 256 g/mol. The van der Waals surface area contributed by atoms with Gasteiger partial charge in [0, 0.05) is 23.6 Å². The molecule has 19 heavy (non-hydrogen) atoms. The van der Waals surface area contributed by atoms with Gasteiger partial charge in [0.2, 0.25) is 0 Å². The summed E-state index contributed by atoms with van der Waals surface area (Å²) >= 11 is 0. The van der Waals surface area contributed by atoms with E-state index >= 15 is 0 Å². The van der Waals surface area contributed by atoms with Gasteiger partial charge in [-0.1, -0.05) is 30.3 Å². The smallest absolute Gasteiger partial charge is 0.0717 e. The van der Waals surface area contributed by atoms with Crippen molar-refractivity contribution < 1.29 is 4.74 Å². The number of hydrogen-bond donors (Lipinski definition) is 1. The summed E-state index contributed by atoms with van der Waals surface area (Å²) in [5, 5.41) is 3.40. The first-order valence-electron chi connectivity index (χ1n) is 6.55. The molecule has 0 aliphatic carbocycles. The highest BCUT2D eigenvalue weighted by Crippen LogP contribution is 2.09. The zero-order chi connectivity index (χ0) is 13.5. The van der Waals surface area contributed by atoms with Crippen molar-refractivity contribution in [3.63, 3.8) is 0 Å². The van der Waals surface area contributed by atoms with Crippen molar-refractivity contribution >= 4 is 5.69 Å². The molecule has 1 aromatic heterocycles. The number of aryl methyl sites for hydroxylation is 1. The van der Waals surface area contributed by atoms with E-state index in [-0.39, 0.29) is 6.04 Å². The van der Waals surface area contributed by atoms with Crippen molar-refractivity contribution in [3.05, 3.63) is 59.9 Å². The van der Waals surface area contributed by atoms with Gasteiger partial charge in [0.15, 0.2) is 0 Å². The third-order valence-corrected chi connectivity index (χ3v) is 2.79. The Labute approximate surface area is 114 Å². The molecule has 0 fully saturated rings. The minimum Gasteiger partial charge on any atom is -0.380 e. The van der Waals surface area contributed by atoms with Crippen LogP contribution in [0.15, 0.2) is 48.7 Å². The van der Waals surface area contributed by atoms with Crippen molar-refractivity contribution in [1.82, 2.24) is 4.98 Å². The number of anilines is 1. The molecule has 1 N–H and O–H groups in total. The quantitative estimate of drug-likeness (QED) is 0.860. The van der Waals surface area contributed by atoms with Crippen LogP contribution in [0, 0.1) is 6.92 Å². The predicted octanol–water partition coefficient (Wildman–Crippen LogP) is 3.41. The maximum Gasteiger partial charge on any atom is 0.0717 e. The van der Waals surface area contributed by atoms with Gasteiger partial charge in [-0.3, -0.25) is 4.98 Å². The highest BCUT2D eigenvalue weighted by atomic mass is 16.5. The second-order valence-electron chi connectivity index (χ2n) is 4.73. The summed E-state index contributed by atoms with van der Waals surface area (Å²) in [6.07, 6.45) is 1.81. The van der Waals surface area contributed by atoms with Crippen molar-refractivity contribution in [1.29, 1.82) is 0 Å². The summed E-state index contributed by atoms with van der Waals surface area (Å²) in [6, 6.07) is 14.5. The van der Waals surface area contributed by atoms with Crippen LogP contribution in [-0.4, -0.2) is 17.6 Å². The summed E-state index contributed by atoms with van der Waals surface area (Å²) in [5.41, 5.74) is 3.31. The first-order chi connectivity index (χ1) is 9.24. The van der Waals surface area contributed by atoms with Crippen LogP contribution in [0.25, 0.3) is 0 Å². The zero-order valence-electron chi connectivity index (χ0n) is 11.5. The topological polar surface area (TPSA) is 34.1 Å². The van der Waals surface area contributed by atoms with Gasteiger partial charge in [-0.15, -0.1) is 0 Å². The fourth-order valence-corrected chi connectivity index (χ4v) is 1.89. The highest BCUT2D eigenvalue weighted by molar-refractivity contribution is 5.43. The van der Waals surface area contributed by atoms with Gasteiger partial charge < -0.3 is 10.1 Å². The van der Waals surface area contributed by atoms with Gasteiger partial charge in [0.25, 0.3) is 0 Å². The predicted molar refractivity (Wildman–Crippen MR) is 78.2 cm³/mol. The Bertz CT molecular complexity index is 499. The van der Waals surface area contributed by atoms with E-state index in [1.807, 2.05) is 43.5 Å². The summed E-state index contributed by atoms with van der Waals surface area (Å²) < 4.78 is 5.71. The molecule has 1 unspecified atom stereocenters. The summed E-state index contributed by atoms with van der Waals surface area (Å²) in [5.74, 6) is 0. The SMILES string of the molecule is Cc1cc(NC(C)COCc2ccccc2)ccn1. The molecule has 3 nitrogen and oxygen atoms in total. The van der Waals surface area contributed by atoms with Gasteiger partial charge in [0.1, 0.15) is 0 Å². The molecule has 0 bridgehead atoms. The van der Waals surface area contributed by atoms with Crippen LogP contribution in [-0.2, 0) is 11.3 Å². The van der Waals surface area contributed by atoms with E-state index in [4.69, 9.17) is 4.74 Å². The largest absolute Gasteiger partial charge is 0.380 e. The van der Waals surface area contributed by atoms with E-state index < -0.39 is 0 Å². The Morgan fingerprint density at radius 3 is 2.74 bits per heavy atom.